The third-order valence-electron chi connectivity index (χ3n) is 7.99. The highest BCUT2D eigenvalue weighted by Crippen LogP contribution is 2.40. The predicted octanol–water partition coefficient (Wildman–Crippen LogP) is 8.99. The van der Waals surface area contributed by atoms with Crippen LogP contribution in [0.3, 0.4) is 0 Å². The van der Waals surface area contributed by atoms with Gasteiger partial charge in [0.05, 0.1) is 25.3 Å². The lowest BCUT2D eigenvalue weighted by atomic mass is 10.0. The van der Waals surface area contributed by atoms with Gasteiger partial charge in [-0.25, -0.2) is 9.59 Å². The average Bonchev–Trinajstić information content (AvgIpc) is 2.96. The molecule has 3 rings (SSSR count). The first kappa shape index (κ1) is 36.1. The molecule has 8 nitrogen and oxygen atoms in total. The van der Waals surface area contributed by atoms with Gasteiger partial charge in [-0.15, -0.1) is 0 Å². The van der Waals surface area contributed by atoms with Gasteiger partial charge < -0.3 is 24.1 Å². The molecule has 0 saturated carbocycles. The van der Waals surface area contributed by atoms with Gasteiger partial charge in [0.15, 0.2) is 8.32 Å². The number of rotatable bonds is 11. The van der Waals surface area contributed by atoms with E-state index in [-0.39, 0.29) is 17.6 Å². The minimum absolute atomic E-state index is 0.0409. The molecule has 1 aromatic heterocycles. The lowest BCUT2D eigenvalue weighted by Crippen LogP contribution is -2.49. The minimum Gasteiger partial charge on any atom is -0.465 e. The van der Waals surface area contributed by atoms with Crippen LogP contribution >= 0.6 is 11.6 Å². The Balaban J connectivity index is 1.92. The van der Waals surface area contributed by atoms with Gasteiger partial charge in [-0.05, 0) is 87.3 Å². The number of aromatic nitrogens is 1. The molecule has 0 aliphatic heterocycles. The summed E-state index contributed by atoms with van der Waals surface area (Å²) < 4.78 is 17.8. The highest BCUT2D eigenvalue weighted by atomic mass is 35.5. The summed E-state index contributed by atoms with van der Waals surface area (Å²) in [6.45, 7) is 19.3. The monoisotopic (exact) mass is 653 g/mol. The Hall–Kier alpha value is -3.40. The molecule has 2 aromatic carbocycles. The van der Waals surface area contributed by atoms with E-state index in [1.165, 1.54) is 7.11 Å². The number of esters is 1. The van der Waals surface area contributed by atoms with Crippen LogP contribution in [0, 0.1) is 0 Å². The van der Waals surface area contributed by atoms with Gasteiger partial charge in [0.25, 0.3) is 0 Å². The molecule has 0 bridgehead atoms. The van der Waals surface area contributed by atoms with E-state index in [1.807, 2.05) is 76.2 Å². The Morgan fingerprint density at radius 2 is 1.71 bits per heavy atom. The van der Waals surface area contributed by atoms with E-state index in [0.717, 1.165) is 16.8 Å². The van der Waals surface area contributed by atoms with Crippen LogP contribution in [0.2, 0.25) is 23.2 Å². The molecule has 0 radical (unpaired) electrons. The Morgan fingerprint density at radius 3 is 2.33 bits per heavy atom. The Bertz CT molecular complexity index is 1470. The third-order valence-corrected chi connectivity index (χ3v) is 12.7. The summed E-state index contributed by atoms with van der Waals surface area (Å²) in [5.74, 6) is -0.429. The van der Waals surface area contributed by atoms with Gasteiger partial charge in [-0.2, -0.15) is 0 Å². The number of ether oxygens (including phenoxy) is 2. The smallest absolute Gasteiger partial charge is 0.410 e. The van der Waals surface area contributed by atoms with Crippen molar-refractivity contribution >= 4 is 37.7 Å². The van der Waals surface area contributed by atoms with Gasteiger partial charge in [-0.3, -0.25) is 4.98 Å². The van der Waals surface area contributed by atoms with E-state index in [2.05, 4.69) is 44.2 Å². The number of hydrogen-bond donors (Lipinski definition) is 1. The maximum Gasteiger partial charge on any atom is 0.410 e. The van der Waals surface area contributed by atoms with Crippen LogP contribution in [0.1, 0.15) is 70.5 Å². The summed E-state index contributed by atoms with van der Waals surface area (Å²) in [7, 11) is -0.894. The van der Waals surface area contributed by atoms with E-state index in [0.29, 0.717) is 22.7 Å². The number of amides is 1. The van der Waals surface area contributed by atoms with Crippen molar-refractivity contribution in [2.24, 2.45) is 0 Å². The molecule has 10 heteroatoms. The molecule has 2 atom stereocenters. The number of hydrogen-bond acceptors (Lipinski definition) is 7. The normalized spacial score (nSPS) is 13.5. The van der Waals surface area contributed by atoms with Crippen molar-refractivity contribution in [2.45, 2.75) is 84.3 Å². The van der Waals surface area contributed by atoms with Crippen molar-refractivity contribution in [1.29, 1.82) is 0 Å². The maximum absolute atomic E-state index is 13.7. The van der Waals surface area contributed by atoms with Gasteiger partial charge in [0.1, 0.15) is 5.60 Å². The van der Waals surface area contributed by atoms with Crippen LogP contribution in [-0.4, -0.2) is 62.1 Å². The van der Waals surface area contributed by atoms with E-state index in [1.54, 1.807) is 23.4 Å². The molecule has 0 spiro atoms. The number of nitrogens with zero attached hydrogens (tertiary/aromatic N) is 2. The average molecular weight is 654 g/mol. The summed E-state index contributed by atoms with van der Waals surface area (Å²) in [5, 5.41) is 4.04. The summed E-state index contributed by atoms with van der Waals surface area (Å²) in [6, 6.07) is 16.7. The number of halogens is 1. The van der Waals surface area contributed by atoms with Crippen molar-refractivity contribution in [1.82, 2.24) is 9.88 Å². The second kappa shape index (κ2) is 14.8. The molecule has 1 amide bonds. The molecule has 1 heterocycles. The first-order valence-corrected chi connectivity index (χ1v) is 18.5. The second-order valence-electron chi connectivity index (χ2n) is 13.8. The van der Waals surface area contributed by atoms with E-state index in [4.69, 9.17) is 25.5 Å². The molecular formula is C35H48ClN3O5Si. The number of pyridine rings is 1. The van der Waals surface area contributed by atoms with Gasteiger partial charge in [0, 0.05) is 41.3 Å². The van der Waals surface area contributed by atoms with Crippen molar-refractivity contribution < 1.29 is 23.5 Å². The Labute approximate surface area is 274 Å². The molecule has 0 fully saturated rings. The molecule has 0 aliphatic carbocycles. The first-order chi connectivity index (χ1) is 20.9. The first-order valence-electron chi connectivity index (χ1n) is 15.2. The highest BCUT2D eigenvalue weighted by Gasteiger charge is 2.41. The maximum atomic E-state index is 13.7. The topological polar surface area (TPSA) is 90.0 Å². The number of carbonyl (C=O) groups is 2. The summed E-state index contributed by atoms with van der Waals surface area (Å²) in [4.78, 5) is 32.0. The lowest BCUT2D eigenvalue weighted by Gasteiger charge is -2.41. The molecule has 0 saturated heterocycles. The van der Waals surface area contributed by atoms with Crippen molar-refractivity contribution in [3.63, 3.8) is 0 Å². The zero-order valence-corrected chi connectivity index (χ0v) is 30.0. The summed E-state index contributed by atoms with van der Waals surface area (Å²) in [6.07, 6.45) is 2.38. The van der Waals surface area contributed by atoms with Gasteiger partial charge >= 0.3 is 12.1 Å². The highest BCUT2D eigenvalue weighted by molar-refractivity contribution is 6.74. The van der Waals surface area contributed by atoms with Crippen molar-refractivity contribution in [3.8, 4) is 11.1 Å². The fraction of sp³-hybridized carbons (Fsp3) is 0.457. The summed E-state index contributed by atoms with van der Waals surface area (Å²) >= 11 is 6.42. The molecular weight excluding hydrogens is 606 g/mol. The largest absolute Gasteiger partial charge is 0.465 e. The zero-order valence-electron chi connectivity index (χ0n) is 28.2. The molecule has 0 unspecified atom stereocenters. The van der Waals surface area contributed by atoms with Crippen LogP contribution in [-0.2, 0) is 13.9 Å². The van der Waals surface area contributed by atoms with E-state index >= 15 is 0 Å². The number of anilines is 1. The van der Waals surface area contributed by atoms with E-state index < -0.39 is 32.1 Å². The number of carbonyl (C=O) groups excluding carboxylic acids is 2. The van der Waals surface area contributed by atoms with Crippen molar-refractivity contribution in [2.75, 3.05) is 25.5 Å². The lowest BCUT2D eigenvalue weighted by molar-refractivity contribution is 0.00798. The molecule has 3 aromatic rings. The van der Waals surface area contributed by atoms with Crippen LogP contribution in [0.15, 0.2) is 67.0 Å². The molecule has 45 heavy (non-hydrogen) atoms. The number of methoxy groups -OCH3 is 1. The standard InChI is InChI=1S/C35H48ClN3O5Si/c1-24(21-38-28-16-12-13-25(20-28)30-22-37-18-17-29(30)32(40)42-8)39(33(41)43-34(2,3)4)23-31(26-14-11-15-27(36)19-26)44-45(9,10)35(5,6)7/h11-20,22,24,31,38H,21,23H2,1-10H3/t24-,31+/m1/s1. The minimum atomic E-state index is -2.25. The van der Waals surface area contributed by atoms with Crippen LogP contribution in [0.5, 0.6) is 0 Å². The number of nitrogens with one attached hydrogen (secondary N) is 1. The fourth-order valence-electron chi connectivity index (χ4n) is 4.47. The Kier molecular flexibility index (Phi) is 11.9. The predicted molar refractivity (Wildman–Crippen MR) is 184 cm³/mol. The van der Waals surface area contributed by atoms with Crippen LogP contribution in [0.25, 0.3) is 11.1 Å². The Morgan fingerprint density at radius 1 is 1.02 bits per heavy atom. The second-order valence-corrected chi connectivity index (χ2v) is 19.0. The van der Waals surface area contributed by atoms with Crippen LogP contribution < -0.4 is 5.32 Å². The molecule has 1 N–H and O–H groups in total. The number of benzene rings is 2. The summed E-state index contributed by atoms with van der Waals surface area (Å²) in [5.41, 5.74) is 2.98. The van der Waals surface area contributed by atoms with Gasteiger partial charge in [0.2, 0.25) is 0 Å². The zero-order chi connectivity index (χ0) is 33.6. The van der Waals surface area contributed by atoms with Gasteiger partial charge in [-0.1, -0.05) is 56.6 Å². The van der Waals surface area contributed by atoms with Crippen LogP contribution in [0.4, 0.5) is 10.5 Å². The quantitative estimate of drug-likeness (QED) is 0.163. The van der Waals surface area contributed by atoms with Crippen molar-refractivity contribution in [3.05, 3.63) is 83.1 Å². The van der Waals surface area contributed by atoms with E-state index in [9.17, 15) is 9.59 Å². The molecule has 244 valence electrons. The fourth-order valence-corrected chi connectivity index (χ4v) is 5.94. The third kappa shape index (κ3) is 10.0. The molecule has 0 aliphatic rings. The SMILES string of the molecule is COC(=O)c1ccncc1-c1cccc(NC[C@@H](C)N(C[C@H](O[Si](C)(C)C(C)(C)C)c2cccc(Cl)c2)C(=O)OC(C)(C)C)c1.